The van der Waals surface area contributed by atoms with Crippen molar-refractivity contribution in [1.82, 2.24) is 5.32 Å². The molecule has 2 heteroatoms. The molecule has 0 bridgehead atoms. The van der Waals surface area contributed by atoms with Gasteiger partial charge < -0.3 is 5.11 Å². The Labute approximate surface area is 226 Å². The van der Waals surface area contributed by atoms with E-state index < -0.39 is 11.6 Å². The summed E-state index contributed by atoms with van der Waals surface area (Å²) in [6.07, 6.45) is 3.84. The average molecular weight is 496 g/mol. The third kappa shape index (κ3) is 5.84. The van der Waals surface area contributed by atoms with Crippen LogP contribution in [0, 0.1) is 0 Å². The predicted molar refractivity (Wildman–Crippen MR) is 158 cm³/mol. The molecule has 0 saturated heterocycles. The standard InChI is InChI=1S/C36H33NO/c38-35(27-26-29-16-6-1-7-17-29)34(28-30-18-8-2-9-19-30)37-36(31-20-10-3-11-21-31,32-22-12-4-13-23-32)33-24-14-5-15-25-33/h1-27,34-35,37-38H,28H2. The SMILES string of the molecule is OC(C=Cc1ccccc1)C(Cc1ccccc1)NC(c1ccccc1)(c1ccccc1)c1ccccc1. The number of nitrogens with one attached hydrogen (secondary N) is 1. The predicted octanol–water partition coefficient (Wildman–Crippen LogP) is 7.25. The molecule has 0 aliphatic carbocycles. The van der Waals surface area contributed by atoms with Gasteiger partial charge in [0.05, 0.1) is 11.6 Å². The van der Waals surface area contributed by atoms with Crippen LogP contribution in [0.4, 0.5) is 0 Å². The van der Waals surface area contributed by atoms with Crippen LogP contribution in [0.5, 0.6) is 0 Å². The molecule has 0 aromatic heterocycles. The number of aliphatic hydroxyl groups excluding tert-OH is 1. The highest BCUT2D eigenvalue weighted by atomic mass is 16.3. The van der Waals surface area contributed by atoms with Gasteiger partial charge in [0.2, 0.25) is 0 Å². The van der Waals surface area contributed by atoms with E-state index in [-0.39, 0.29) is 6.04 Å². The van der Waals surface area contributed by atoms with Crippen molar-refractivity contribution in [2.45, 2.75) is 24.1 Å². The van der Waals surface area contributed by atoms with Crippen LogP contribution in [0.1, 0.15) is 27.8 Å². The van der Waals surface area contributed by atoms with Crippen molar-refractivity contribution in [2.24, 2.45) is 0 Å². The van der Waals surface area contributed by atoms with E-state index in [1.165, 1.54) is 5.56 Å². The van der Waals surface area contributed by atoms with Gasteiger partial charge in [-0.2, -0.15) is 0 Å². The fraction of sp³-hybridized carbons (Fsp3) is 0.111. The largest absolute Gasteiger partial charge is 0.387 e. The van der Waals surface area contributed by atoms with Crippen LogP contribution in [-0.2, 0) is 12.0 Å². The smallest absolute Gasteiger partial charge is 0.0951 e. The van der Waals surface area contributed by atoms with Gasteiger partial charge in [-0.1, -0.05) is 164 Å². The molecule has 2 nitrogen and oxygen atoms in total. The Morgan fingerprint density at radius 2 is 0.947 bits per heavy atom. The summed E-state index contributed by atoms with van der Waals surface area (Å²) in [6.45, 7) is 0. The van der Waals surface area contributed by atoms with Gasteiger partial charge >= 0.3 is 0 Å². The van der Waals surface area contributed by atoms with Crippen LogP contribution in [0.3, 0.4) is 0 Å². The van der Waals surface area contributed by atoms with Gasteiger partial charge in [-0.15, -0.1) is 0 Å². The number of aliphatic hydroxyl groups is 1. The Morgan fingerprint density at radius 3 is 1.39 bits per heavy atom. The minimum Gasteiger partial charge on any atom is -0.387 e. The van der Waals surface area contributed by atoms with Gasteiger partial charge in [-0.25, -0.2) is 0 Å². The minimum absolute atomic E-state index is 0.280. The molecule has 0 radical (unpaired) electrons. The van der Waals surface area contributed by atoms with Crippen molar-refractivity contribution in [3.8, 4) is 0 Å². The van der Waals surface area contributed by atoms with Crippen LogP contribution in [0.15, 0.2) is 158 Å². The number of hydrogen-bond acceptors (Lipinski definition) is 2. The Kier molecular flexibility index (Phi) is 8.25. The maximum atomic E-state index is 11.7. The van der Waals surface area contributed by atoms with Crippen molar-refractivity contribution < 1.29 is 5.11 Å². The maximum absolute atomic E-state index is 11.7. The molecule has 0 fully saturated rings. The van der Waals surface area contributed by atoms with Crippen molar-refractivity contribution in [1.29, 1.82) is 0 Å². The van der Waals surface area contributed by atoms with Gasteiger partial charge in [-0.05, 0) is 34.2 Å². The molecule has 0 amide bonds. The van der Waals surface area contributed by atoms with E-state index in [1.807, 2.05) is 66.7 Å². The summed E-state index contributed by atoms with van der Waals surface area (Å²) in [5, 5.41) is 15.7. The second-order valence-electron chi connectivity index (χ2n) is 9.55. The van der Waals surface area contributed by atoms with E-state index >= 15 is 0 Å². The quantitative estimate of drug-likeness (QED) is 0.200. The summed E-state index contributed by atoms with van der Waals surface area (Å²) in [5.74, 6) is 0. The summed E-state index contributed by atoms with van der Waals surface area (Å²) >= 11 is 0. The minimum atomic E-state index is -0.731. The zero-order valence-electron chi connectivity index (χ0n) is 21.4. The normalized spacial score (nSPS) is 13.3. The molecule has 38 heavy (non-hydrogen) atoms. The third-order valence-corrected chi connectivity index (χ3v) is 7.02. The molecular weight excluding hydrogens is 462 g/mol. The van der Waals surface area contributed by atoms with Gasteiger partial charge in [0, 0.05) is 6.04 Å². The van der Waals surface area contributed by atoms with Crippen molar-refractivity contribution >= 4 is 6.08 Å². The zero-order valence-corrected chi connectivity index (χ0v) is 21.4. The van der Waals surface area contributed by atoms with Crippen molar-refractivity contribution in [2.75, 3.05) is 0 Å². The molecule has 2 unspecified atom stereocenters. The molecule has 5 aromatic carbocycles. The van der Waals surface area contributed by atoms with Crippen LogP contribution >= 0.6 is 0 Å². The van der Waals surface area contributed by atoms with Crippen molar-refractivity contribution in [3.63, 3.8) is 0 Å². The van der Waals surface area contributed by atoms with Gasteiger partial charge in [0.1, 0.15) is 0 Å². The van der Waals surface area contributed by atoms with Crippen LogP contribution < -0.4 is 5.32 Å². The van der Waals surface area contributed by atoms with Gasteiger partial charge in [0.25, 0.3) is 0 Å². The molecule has 2 N–H and O–H groups in total. The van der Waals surface area contributed by atoms with E-state index in [9.17, 15) is 5.11 Å². The van der Waals surface area contributed by atoms with Crippen molar-refractivity contribution in [3.05, 3.63) is 186 Å². The van der Waals surface area contributed by atoms with Crippen LogP contribution in [-0.4, -0.2) is 17.3 Å². The molecule has 0 saturated carbocycles. The van der Waals surface area contributed by atoms with Crippen LogP contribution in [0.2, 0.25) is 0 Å². The van der Waals surface area contributed by atoms with Gasteiger partial charge in [0.15, 0.2) is 0 Å². The summed E-state index contributed by atoms with van der Waals surface area (Å²) in [6, 6.07) is 51.8. The average Bonchev–Trinajstić information content (AvgIpc) is 3.00. The Hall–Kier alpha value is -4.24. The lowest BCUT2D eigenvalue weighted by Gasteiger charge is -2.41. The molecule has 5 rings (SSSR count). The topological polar surface area (TPSA) is 32.3 Å². The molecule has 0 aliphatic heterocycles. The van der Waals surface area contributed by atoms with E-state index in [4.69, 9.17) is 0 Å². The van der Waals surface area contributed by atoms with Crippen LogP contribution in [0.25, 0.3) is 6.08 Å². The van der Waals surface area contributed by atoms with E-state index in [1.54, 1.807) is 0 Å². The summed E-state index contributed by atoms with van der Waals surface area (Å²) in [7, 11) is 0. The fourth-order valence-corrected chi connectivity index (χ4v) is 5.13. The molecule has 0 aliphatic rings. The molecular formula is C36H33NO. The van der Waals surface area contributed by atoms with E-state index in [0.29, 0.717) is 6.42 Å². The molecule has 5 aromatic rings. The zero-order chi connectivity index (χ0) is 26.0. The third-order valence-electron chi connectivity index (χ3n) is 7.02. The first kappa shape index (κ1) is 25.4. The maximum Gasteiger partial charge on any atom is 0.0951 e. The lowest BCUT2D eigenvalue weighted by Crippen LogP contribution is -2.54. The summed E-state index contributed by atoms with van der Waals surface area (Å²) in [4.78, 5) is 0. The molecule has 0 heterocycles. The number of hydrogen-bond donors (Lipinski definition) is 2. The second kappa shape index (κ2) is 12.3. The number of benzene rings is 5. The fourth-order valence-electron chi connectivity index (χ4n) is 5.13. The Morgan fingerprint density at radius 1 is 0.553 bits per heavy atom. The second-order valence-corrected chi connectivity index (χ2v) is 9.55. The van der Waals surface area contributed by atoms with E-state index in [2.05, 4.69) is 102 Å². The highest BCUT2D eigenvalue weighted by molar-refractivity contribution is 5.51. The molecule has 0 spiro atoms. The monoisotopic (exact) mass is 495 g/mol. The summed E-state index contributed by atoms with van der Waals surface area (Å²) in [5.41, 5.74) is 4.91. The summed E-state index contributed by atoms with van der Waals surface area (Å²) < 4.78 is 0. The lowest BCUT2D eigenvalue weighted by molar-refractivity contribution is 0.156. The molecule has 2 atom stereocenters. The Bertz CT molecular complexity index is 1300. The lowest BCUT2D eigenvalue weighted by atomic mass is 9.76. The van der Waals surface area contributed by atoms with Gasteiger partial charge in [-0.3, -0.25) is 5.32 Å². The highest BCUT2D eigenvalue weighted by Crippen LogP contribution is 2.38. The van der Waals surface area contributed by atoms with E-state index in [0.717, 1.165) is 22.3 Å². The Balaban J connectivity index is 1.64. The first-order valence-electron chi connectivity index (χ1n) is 13.2. The highest BCUT2D eigenvalue weighted by Gasteiger charge is 2.39. The first-order chi connectivity index (χ1) is 18.8. The first-order valence-corrected chi connectivity index (χ1v) is 13.2. The molecule has 188 valence electrons. The number of rotatable bonds is 10.